The van der Waals surface area contributed by atoms with Crippen molar-refractivity contribution in [3.05, 3.63) is 112 Å². The second kappa shape index (κ2) is 11.8. The lowest BCUT2D eigenvalue weighted by molar-refractivity contribution is 0.102. The predicted octanol–water partition coefficient (Wildman–Crippen LogP) is 5.65. The number of sulfonamides is 1. The Hall–Kier alpha value is -3.68. The van der Waals surface area contributed by atoms with Crippen LogP contribution in [0.5, 0.6) is 0 Å². The number of nitriles is 1. The van der Waals surface area contributed by atoms with Crippen molar-refractivity contribution >= 4 is 50.4 Å². The maximum Gasteiger partial charge on any atom is 0.261 e. The summed E-state index contributed by atoms with van der Waals surface area (Å²) >= 11 is 1.40. The number of nitrogens with zero attached hydrogens (tertiary/aromatic N) is 2. The Morgan fingerprint density at radius 1 is 0.974 bits per heavy atom. The molecule has 0 radical (unpaired) electrons. The number of rotatable bonds is 7. The summed E-state index contributed by atoms with van der Waals surface area (Å²) in [5.41, 5.74) is 3.02. The predicted molar refractivity (Wildman–Crippen MR) is 152 cm³/mol. The van der Waals surface area contributed by atoms with Crippen molar-refractivity contribution in [1.82, 2.24) is 4.90 Å². The molecule has 0 spiro atoms. The third-order valence-electron chi connectivity index (χ3n) is 6.19. The maximum absolute atomic E-state index is 13.3. The summed E-state index contributed by atoms with van der Waals surface area (Å²) in [6, 6.07) is 26.9. The first-order valence-corrected chi connectivity index (χ1v) is 14.0. The molecule has 1 aliphatic heterocycles. The Morgan fingerprint density at radius 3 is 2.34 bits per heavy atom. The van der Waals surface area contributed by atoms with Crippen molar-refractivity contribution in [2.24, 2.45) is 0 Å². The van der Waals surface area contributed by atoms with Gasteiger partial charge in [-0.05, 0) is 41.8 Å². The van der Waals surface area contributed by atoms with E-state index in [0.29, 0.717) is 17.1 Å². The molecular weight excluding hydrogens is 540 g/mol. The van der Waals surface area contributed by atoms with Gasteiger partial charge in [-0.1, -0.05) is 60.7 Å². The Bertz CT molecular complexity index is 1580. The fourth-order valence-electron chi connectivity index (χ4n) is 4.38. The molecule has 0 atom stereocenters. The summed E-state index contributed by atoms with van der Waals surface area (Å²) in [5, 5.41) is 13.2. The van der Waals surface area contributed by atoms with Gasteiger partial charge in [-0.25, -0.2) is 8.42 Å². The van der Waals surface area contributed by atoms with Crippen molar-refractivity contribution in [2.75, 3.05) is 16.6 Å². The van der Waals surface area contributed by atoms with Crippen molar-refractivity contribution in [3.8, 4) is 6.07 Å². The van der Waals surface area contributed by atoms with E-state index >= 15 is 0 Å². The van der Waals surface area contributed by atoms with Gasteiger partial charge in [-0.15, -0.1) is 23.7 Å². The number of amides is 1. The van der Waals surface area contributed by atoms with Crippen molar-refractivity contribution in [2.45, 2.75) is 24.4 Å². The summed E-state index contributed by atoms with van der Waals surface area (Å²) in [4.78, 5) is 16.8. The molecule has 2 heterocycles. The topological polar surface area (TPSA) is 102 Å². The number of benzene rings is 3. The van der Waals surface area contributed by atoms with Crippen molar-refractivity contribution in [3.63, 3.8) is 0 Å². The summed E-state index contributed by atoms with van der Waals surface area (Å²) in [6.07, 6.45) is 0.727. The molecule has 1 aromatic heterocycles. The van der Waals surface area contributed by atoms with Gasteiger partial charge in [0.1, 0.15) is 11.1 Å². The third kappa shape index (κ3) is 5.90. The second-order valence-electron chi connectivity index (χ2n) is 8.68. The number of nitrogens with one attached hydrogen (secondary N) is 2. The van der Waals surface area contributed by atoms with E-state index in [2.05, 4.69) is 33.1 Å². The molecule has 0 saturated heterocycles. The van der Waals surface area contributed by atoms with Crippen LogP contribution in [0, 0.1) is 11.3 Å². The number of hydrogen-bond acceptors (Lipinski definition) is 6. The van der Waals surface area contributed by atoms with Crippen molar-refractivity contribution < 1.29 is 13.2 Å². The third-order valence-corrected chi connectivity index (χ3v) is 8.71. The van der Waals surface area contributed by atoms with Crippen LogP contribution in [-0.4, -0.2) is 25.8 Å². The molecule has 0 saturated carbocycles. The number of para-hydroxylation sites is 1. The Labute approximate surface area is 232 Å². The fraction of sp³-hybridized carbons (Fsp3) is 0.143. The molecule has 0 aliphatic carbocycles. The van der Waals surface area contributed by atoms with Gasteiger partial charge < -0.3 is 5.32 Å². The van der Waals surface area contributed by atoms with E-state index in [-0.39, 0.29) is 28.6 Å². The minimum Gasteiger partial charge on any atom is -0.312 e. The first-order chi connectivity index (χ1) is 17.9. The van der Waals surface area contributed by atoms with Crippen molar-refractivity contribution in [1.29, 1.82) is 5.26 Å². The highest BCUT2D eigenvalue weighted by Gasteiger charge is 2.26. The average molecular weight is 565 g/mol. The average Bonchev–Trinajstić information content (AvgIpc) is 3.25. The molecule has 3 aromatic carbocycles. The monoisotopic (exact) mass is 564 g/mol. The maximum atomic E-state index is 13.3. The van der Waals surface area contributed by atoms with Gasteiger partial charge >= 0.3 is 0 Å². The lowest BCUT2D eigenvalue weighted by atomic mass is 10.0. The SMILES string of the molecule is Cl.N#Cc1c(NC(=O)c2ccccc2NS(=O)(=O)c2ccccc2)sc2c1CCN(Cc1ccccc1)C2. The lowest BCUT2D eigenvalue weighted by Gasteiger charge is -2.26. The van der Waals surface area contributed by atoms with E-state index in [9.17, 15) is 18.5 Å². The highest BCUT2D eigenvalue weighted by molar-refractivity contribution is 7.92. The molecule has 0 unspecified atom stereocenters. The first-order valence-electron chi connectivity index (χ1n) is 11.7. The number of carbonyl (C=O) groups is 1. The number of hydrogen-bond donors (Lipinski definition) is 2. The number of anilines is 2. The Kier molecular flexibility index (Phi) is 8.49. The zero-order valence-electron chi connectivity index (χ0n) is 20.3. The smallest absolute Gasteiger partial charge is 0.261 e. The summed E-state index contributed by atoms with van der Waals surface area (Å²) in [7, 11) is -3.87. The summed E-state index contributed by atoms with van der Waals surface area (Å²) in [6.45, 7) is 2.34. The molecule has 1 amide bonds. The standard InChI is InChI=1S/C28H24N4O3S2.ClH/c29-17-24-22-15-16-32(18-20-9-3-1-4-10-20)19-26(22)36-28(24)30-27(33)23-13-7-8-14-25(23)31-37(34,35)21-11-5-2-6-12-21;/h1-14,31H,15-16,18-19H2,(H,30,33);1H. The molecule has 38 heavy (non-hydrogen) atoms. The van der Waals surface area contributed by atoms with E-state index in [1.807, 2.05) is 18.2 Å². The summed E-state index contributed by atoms with van der Waals surface area (Å²) in [5.74, 6) is -0.484. The normalized spacial score (nSPS) is 13.0. The second-order valence-corrected chi connectivity index (χ2v) is 11.5. The lowest BCUT2D eigenvalue weighted by Crippen LogP contribution is -2.29. The molecule has 2 N–H and O–H groups in total. The molecule has 194 valence electrons. The molecule has 0 fully saturated rings. The van der Waals surface area contributed by atoms with Crippen LogP contribution in [-0.2, 0) is 29.5 Å². The van der Waals surface area contributed by atoms with Gasteiger partial charge in [-0.3, -0.25) is 14.4 Å². The minimum absolute atomic E-state index is 0. The van der Waals surface area contributed by atoms with Crippen LogP contribution in [0.2, 0.25) is 0 Å². The quantitative estimate of drug-likeness (QED) is 0.302. The molecule has 4 aromatic rings. The Morgan fingerprint density at radius 2 is 1.63 bits per heavy atom. The van der Waals surface area contributed by atoms with Gasteiger partial charge in [0, 0.05) is 24.5 Å². The van der Waals surface area contributed by atoms with Gasteiger partial charge in [0.15, 0.2) is 0 Å². The fourth-order valence-corrected chi connectivity index (χ4v) is 6.72. The van der Waals surface area contributed by atoms with E-state index < -0.39 is 15.9 Å². The minimum atomic E-state index is -3.87. The van der Waals surface area contributed by atoms with Gasteiger partial charge in [0.2, 0.25) is 0 Å². The highest BCUT2D eigenvalue weighted by atomic mass is 35.5. The van der Waals surface area contributed by atoms with E-state index in [4.69, 9.17) is 0 Å². The molecule has 1 aliphatic rings. The van der Waals surface area contributed by atoms with Crippen LogP contribution in [0.15, 0.2) is 89.8 Å². The summed E-state index contributed by atoms with van der Waals surface area (Å²) < 4.78 is 28.2. The first kappa shape index (κ1) is 27.4. The van der Waals surface area contributed by atoms with E-state index in [0.717, 1.165) is 30.0 Å². The zero-order chi connectivity index (χ0) is 25.8. The molecule has 5 rings (SSSR count). The van der Waals surface area contributed by atoms with Gasteiger partial charge in [0.05, 0.1) is 21.7 Å². The Balaban J connectivity index is 0.00000336. The van der Waals surface area contributed by atoms with Crippen LogP contribution in [0.25, 0.3) is 0 Å². The van der Waals surface area contributed by atoms with Gasteiger partial charge in [0.25, 0.3) is 15.9 Å². The van der Waals surface area contributed by atoms with Crippen LogP contribution < -0.4 is 10.0 Å². The number of fused-ring (bicyclic) bond motifs is 1. The molecular formula is C28H25ClN4O3S2. The molecule has 0 bridgehead atoms. The highest BCUT2D eigenvalue weighted by Crippen LogP contribution is 2.37. The largest absolute Gasteiger partial charge is 0.312 e. The van der Waals surface area contributed by atoms with Gasteiger partial charge in [-0.2, -0.15) is 5.26 Å². The molecule has 10 heteroatoms. The van der Waals surface area contributed by atoms with Crippen LogP contribution >= 0.6 is 23.7 Å². The van der Waals surface area contributed by atoms with Crippen LogP contribution in [0.4, 0.5) is 10.7 Å². The van der Waals surface area contributed by atoms with E-state index in [1.54, 1.807) is 42.5 Å². The van der Waals surface area contributed by atoms with Crippen LogP contribution in [0.3, 0.4) is 0 Å². The van der Waals surface area contributed by atoms with Crippen LogP contribution in [0.1, 0.15) is 31.9 Å². The van der Waals surface area contributed by atoms with E-state index in [1.165, 1.54) is 29.0 Å². The number of halogens is 1. The number of carbonyl (C=O) groups excluding carboxylic acids is 1. The molecule has 7 nitrogen and oxygen atoms in total. The zero-order valence-corrected chi connectivity index (χ0v) is 22.7. The number of thiophene rings is 1.